The molecule has 0 aliphatic carbocycles. The molecule has 1 N–H and O–H groups in total. The summed E-state index contributed by atoms with van der Waals surface area (Å²) in [6.07, 6.45) is 0. The molecule has 0 spiro atoms. The molecule has 2 nitrogen and oxygen atoms in total. The predicted octanol–water partition coefficient (Wildman–Crippen LogP) is 4.23. The van der Waals surface area contributed by atoms with Gasteiger partial charge >= 0.3 is 0 Å². The van der Waals surface area contributed by atoms with Crippen LogP contribution in [0, 0.1) is 0 Å². The summed E-state index contributed by atoms with van der Waals surface area (Å²) in [4.78, 5) is 5.51. The van der Waals surface area contributed by atoms with Crippen LogP contribution in [0.5, 0.6) is 0 Å². The van der Waals surface area contributed by atoms with Crippen LogP contribution in [0.2, 0.25) is 0 Å². The van der Waals surface area contributed by atoms with E-state index in [1.807, 2.05) is 42.5 Å². The van der Waals surface area contributed by atoms with Gasteiger partial charge < -0.3 is 0 Å². The van der Waals surface area contributed by atoms with Crippen LogP contribution in [-0.2, 0) is 11.4 Å². The average molecular weight is 306 g/mol. The molecule has 2 aromatic carbocycles. The van der Waals surface area contributed by atoms with Crippen molar-refractivity contribution < 1.29 is 4.84 Å². The van der Waals surface area contributed by atoms with Crippen LogP contribution >= 0.6 is 15.9 Å². The van der Waals surface area contributed by atoms with Crippen molar-refractivity contribution in [3.63, 3.8) is 0 Å². The van der Waals surface area contributed by atoms with Crippen molar-refractivity contribution in [2.75, 3.05) is 0 Å². The van der Waals surface area contributed by atoms with E-state index in [9.17, 15) is 0 Å². The van der Waals surface area contributed by atoms with Gasteiger partial charge in [-0.15, -0.1) is 0 Å². The van der Waals surface area contributed by atoms with E-state index in [0.29, 0.717) is 6.61 Å². The van der Waals surface area contributed by atoms with Gasteiger partial charge in [0.2, 0.25) is 0 Å². The van der Waals surface area contributed by atoms with Crippen LogP contribution in [0.15, 0.2) is 59.1 Å². The zero-order chi connectivity index (χ0) is 12.8. The van der Waals surface area contributed by atoms with Crippen LogP contribution in [0.3, 0.4) is 0 Å². The highest BCUT2D eigenvalue weighted by Crippen LogP contribution is 2.17. The molecule has 1 atom stereocenters. The van der Waals surface area contributed by atoms with Crippen LogP contribution < -0.4 is 5.48 Å². The molecule has 0 heterocycles. The lowest BCUT2D eigenvalue weighted by Gasteiger charge is -2.14. The Morgan fingerprint density at radius 1 is 1.11 bits per heavy atom. The maximum Gasteiger partial charge on any atom is 0.0933 e. The van der Waals surface area contributed by atoms with E-state index in [0.717, 1.165) is 10.0 Å². The average Bonchev–Trinajstić information content (AvgIpc) is 2.40. The molecule has 0 bridgehead atoms. The Bertz CT molecular complexity index is 487. The standard InChI is InChI=1S/C15H16BrNO/c1-12(14-8-5-9-15(16)10-14)17-18-11-13-6-3-2-4-7-13/h2-10,12,17H,11H2,1H3. The van der Waals surface area contributed by atoms with Crippen LogP contribution in [0.1, 0.15) is 24.1 Å². The summed E-state index contributed by atoms with van der Waals surface area (Å²) in [5.74, 6) is 0. The summed E-state index contributed by atoms with van der Waals surface area (Å²) in [5.41, 5.74) is 5.40. The SMILES string of the molecule is CC(NOCc1ccccc1)c1cccc(Br)c1. The summed E-state index contributed by atoms with van der Waals surface area (Å²) in [6.45, 7) is 2.64. The monoisotopic (exact) mass is 305 g/mol. The Kier molecular flexibility index (Phi) is 4.93. The third-order valence-corrected chi connectivity index (χ3v) is 3.18. The maximum atomic E-state index is 5.51. The normalized spacial score (nSPS) is 12.3. The van der Waals surface area contributed by atoms with Crippen molar-refractivity contribution >= 4 is 15.9 Å². The third-order valence-electron chi connectivity index (χ3n) is 2.69. The molecular formula is C15H16BrNO. The van der Waals surface area contributed by atoms with E-state index in [1.54, 1.807) is 0 Å². The fourth-order valence-corrected chi connectivity index (χ4v) is 2.09. The Balaban J connectivity index is 1.83. The second-order valence-electron chi connectivity index (χ2n) is 4.17. The molecule has 1 unspecified atom stereocenters. The Labute approximate surface area is 116 Å². The van der Waals surface area contributed by atoms with Crippen LogP contribution in [0.4, 0.5) is 0 Å². The largest absolute Gasteiger partial charge is 0.296 e. The fraction of sp³-hybridized carbons (Fsp3) is 0.200. The minimum atomic E-state index is 0.159. The van der Waals surface area contributed by atoms with Crippen LogP contribution in [0.25, 0.3) is 0 Å². The maximum absolute atomic E-state index is 5.51. The fourth-order valence-electron chi connectivity index (χ4n) is 1.67. The molecule has 0 saturated heterocycles. The lowest BCUT2D eigenvalue weighted by molar-refractivity contribution is 0.00697. The molecular weight excluding hydrogens is 290 g/mol. The highest BCUT2D eigenvalue weighted by atomic mass is 79.9. The van der Waals surface area contributed by atoms with E-state index in [-0.39, 0.29) is 6.04 Å². The summed E-state index contributed by atoms with van der Waals surface area (Å²) in [7, 11) is 0. The summed E-state index contributed by atoms with van der Waals surface area (Å²) < 4.78 is 1.08. The number of hydroxylamine groups is 1. The number of hydrogen-bond acceptors (Lipinski definition) is 2. The first-order valence-electron chi connectivity index (χ1n) is 5.92. The van der Waals surface area contributed by atoms with Crippen molar-refractivity contribution in [1.29, 1.82) is 0 Å². The summed E-state index contributed by atoms with van der Waals surface area (Å²) in [5, 5.41) is 0. The first-order chi connectivity index (χ1) is 8.75. The van der Waals surface area contributed by atoms with Gasteiger partial charge in [0.05, 0.1) is 12.6 Å². The number of halogens is 1. The minimum absolute atomic E-state index is 0.159. The summed E-state index contributed by atoms with van der Waals surface area (Å²) in [6, 6.07) is 18.5. The van der Waals surface area contributed by atoms with E-state index in [4.69, 9.17) is 4.84 Å². The number of benzene rings is 2. The van der Waals surface area contributed by atoms with E-state index < -0.39 is 0 Å². The Hall–Kier alpha value is -1.16. The van der Waals surface area contributed by atoms with Crippen molar-refractivity contribution in [3.05, 3.63) is 70.2 Å². The quantitative estimate of drug-likeness (QED) is 0.835. The van der Waals surface area contributed by atoms with Crippen molar-refractivity contribution in [1.82, 2.24) is 5.48 Å². The molecule has 0 saturated carbocycles. The lowest BCUT2D eigenvalue weighted by atomic mass is 10.1. The lowest BCUT2D eigenvalue weighted by Crippen LogP contribution is -2.18. The van der Waals surface area contributed by atoms with E-state index in [2.05, 4.69) is 40.5 Å². The highest BCUT2D eigenvalue weighted by Gasteiger charge is 2.05. The van der Waals surface area contributed by atoms with Gasteiger partial charge in [-0.25, -0.2) is 0 Å². The van der Waals surface area contributed by atoms with Gasteiger partial charge in [-0.3, -0.25) is 4.84 Å². The van der Waals surface area contributed by atoms with Gasteiger partial charge in [-0.05, 0) is 30.2 Å². The van der Waals surface area contributed by atoms with Crippen molar-refractivity contribution in [2.24, 2.45) is 0 Å². The molecule has 2 aromatic rings. The van der Waals surface area contributed by atoms with Gasteiger partial charge in [0, 0.05) is 4.47 Å². The highest BCUT2D eigenvalue weighted by molar-refractivity contribution is 9.10. The molecule has 0 aliphatic heterocycles. The molecule has 3 heteroatoms. The minimum Gasteiger partial charge on any atom is -0.296 e. The molecule has 94 valence electrons. The number of rotatable bonds is 5. The summed E-state index contributed by atoms with van der Waals surface area (Å²) >= 11 is 3.47. The van der Waals surface area contributed by atoms with Crippen molar-refractivity contribution in [2.45, 2.75) is 19.6 Å². The molecule has 0 aromatic heterocycles. The molecule has 0 radical (unpaired) electrons. The Morgan fingerprint density at radius 2 is 1.89 bits per heavy atom. The number of nitrogens with one attached hydrogen (secondary N) is 1. The molecule has 0 amide bonds. The molecule has 18 heavy (non-hydrogen) atoms. The van der Waals surface area contributed by atoms with Gasteiger partial charge in [0.1, 0.15) is 0 Å². The zero-order valence-corrected chi connectivity index (χ0v) is 11.9. The molecule has 0 aliphatic rings. The second-order valence-corrected chi connectivity index (χ2v) is 5.08. The Morgan fingerprint density at radius 3 is 2.61 bits per heavy atom. The van der Waals surface area contributed by atoms with E-state index in [1.165, 1.54) is 5.56 Å². The van der Waals surface area contributed by atoms with Gasteiger partial charge in [-0.1, -0.05) is 58.4 Å². The van der Waals surface area contributed by atoms with Gasteiger partial charge in [0.25, 0.3) is 0 Å². The topological polar surface area (TPSA) is 21.3 Å². The van der Waals surface area contributed by atoms with Gasteiger partial charge in [-0.2, -0.15) is 5.48 Å². The first kappa shape index (κ1) is 13.3. The first-order valence-corrected chi connectivity index (χ1v) is 6.72. The van der Waals surface area contributed by atoms with Crippen LogP contribution in [-0.4, -0.2) is 0 Å². The molecule has 2 rings (SSSR count). The van der Waals surface area contributed by atoms with Gasteiger partial charge in [0.15, 0.2) is 0 Å². The predicted molar refractivity (Wildman–Crippen MR) is 76.9 cm³/mol. The van der Waals surface area contributed by atoms with Crippen molar-refractivity contribution in [3.8, 4) is 0 Å². The zero-order valence-electron chi connectivity index (χ0n) is 10.3. The number of hydrogen-bond donors (Lipinski definition) is 1. The third kappa shape index (κ3) is 3.95. The smallest absolute Gasteiger partial charge is 0.0933 e. The molecule has 0 fully saturated rings. The van der Waals surface area contributed by atoms with E-state index >= 15 is 0 Å². The second kappa shape index (κ2) is 6.69.